The summed E-state index contributed by atoms with van der Waals surface area (Å²) in [5.74, 6) is -1.35. The van der Waals surface area contributed by atoms with E-state index in [0.29, 0.717) is 17.0 Å². The number of carbonyl (C=O) groups excluding carboxylic acids is 1. The van der Waals surface area contributed by atoms with Crippen LogP contribution in [-0.4, -0.2) is 32.7 Å². The average Bonchev–Trinajstić information content (AvgIpc) is 3.06. The van der Waals surface area contributed by atoms with Crippen LogP contribution in [0.1, 0.15) is 41.5 Å². The number of rotatable bonds is 4. The second-order valence-electron chi connectivity index (χ2n) is 5.04. The van der Waals surface area contributed by atoms with Crippen LogP contribution in [-0.2, 0) is 4.79 Å². The topological polar surface area (TPSA) is 95.1 Å². The molecule has 2 rings (SSSR count). The van der Waals surface area contributed by atoms with Gasteiger partial charge in [-0.2, -0.15) is 5.10 Å². The molecule has 0 radical (unpaired) electrons. The zero-order valence-corrected chi connectivity index (χ0v) is 10.7. The van der Waals surface area contributed by atoms with Crippen LogP contribution in [0.2, 0.25) is 0 Å². The first-order valence-corrected chi connectivity index (χ1v) is 5.93. The molecular formula is C12H17N3O3. The summed E-state index contributed by atoms with van der Waals surface area (Å²) in [5, 5.41) is 18.6. The van der Waals surface area contributed by atoms with Gasteiger partial charge in [-0.1, -0.05) is 0 Å². The van der Waals surface area contributed by atoms with Gasteiger partial charge < -0.3 is 10.4 Å². The number of carbonyl (C=O) groups is 2. The zero-order chi connectivity index (χ0) is 13.5. The van der Waals surface area contributed by atoms with Crippen LogP contribution < -0.4 is 5.32 Å². The van der Waals surface area contributed by atoms with Gasteiger partial charge in [-0.15, -0.1) is 0 Å². The molecule has 1 unspecified atom stereocenters. The van der Waals surface area contributed by atoms with Crippen molar-refractivity contribution in [3.63, 3.8) is 0 Å². The molecule has 6 heteroatoms. The zero-order valence-electron chi connectivity index (χ0n) is 10.7. The maximum atomic E-state index is 12.2. The van der Waals surface area contributed by atoms with Crippen LogP contribution in [0.4, 0.5) is 0 Å². The first kappa shape index (κ1) is 12.6. The van der Waals surface area contributed by atoms with Gasteiger partial charge in [0.05, 0.1) is 11.3 Å². The Labute approximate surface area is 105 Å². The number of aliphatic carboxylic acids is 1. The highest BCUT2D eigenvalue weighted by atomic mass is 16.4. The van der Waals surface area contributed by atoms with Crippen LogP contribution in [0.3, 0.4) is 0 Å². The molecule has 3 N–H and O–H groups in total. The van der Waals surface area contributed by atoms with Gasteiger partial charge in [-0.05, 0) is 39.5 Å². The number of nitrogens with zero attached hydrogens (tertiary/aromatic N) is 1. The number of aryl methyl sites for hydroxylation is 2. The Morgan fingerprint density at radius 1 is 1.44 bits per heavy atom. The molecule has 0 aromatic carbocycles. The summed E-state index contributed by atoms with van der Waals surface area (Å²) >= 11 is 0. The molecule has 1 aliphatic carbocycles. The molecule has 1 amide bonds. The van der Waals surface area contributed by atoms with Crippen molar-refractivity contribution < 1.29 is 14.7 Å². The van der Waals surface area contributed by atoms with E-state index >= 15 is 0 Å². The van der Waals surface area contributed by atoms with Crippen molar-refractivity contribution in [1.82, 2.24) is 15.5 Å². The number of carboxylic acid groups (broad SMARTS) is 1. The van der Waals surface area contributed by atoms with Crippen LogP contribution in [0.25, 0.3) is 0 Å². The van der Waals surface area contributed by atoms with Gasteiger partial charge in [-0.25, -0.2) is 4.79 Å². The Morgan fingerprint density at radius 3 is 2.44 bits per heavy atom. The van der Waals surface area contributed by atoms with E-state index in [-0.39, 0.29) is 11.8 Å². The van der Waals surface area contributed by atoms with E-state index in [9.17, 15) is 14.7 Å². The third-order valence-electron chi connectivity index (χ3n) is 3.57. The molecule has 18 heavy (non-hydrogen) atoms. The van der Waals surface area contributed by atoms with Gasteiger partial charge in [0.1, 0.15) is 5.54 Å². The summed E-state index contributed by atoms with van der Waals surface area (Å²) in [5.41, 5.74) is 0.470. The lowest BCUT2D eigenvalue weighted by atomic mass is 9.95. The van der Waals surface area contributed by atoms with Crippen molar-refractivity contribution in [1.29, 1.82) is 0 Å². The number of H-pyrrole nitrogens is 1. The van der Waals surface area contributed by atoms with Gasteiger partial charge in [0.2, 0.25) is 0 Å². The third kappa shape index (κ3) is 1.98. The van der Waals surface area contributed by atoms with E-state index in [4.69, 9.17) is 0 Å². The lowest BCUT2D eigenvalue weighted by molar-refractivity contribution is -0.144. The minimum atomic E-state index is -1.19. The number of aromatic nitrogens is 2. The number of hydrogen-bond acceptors (Lipinski definition) is 3. The Balaban J connectivity index is 2.23. The van der Waals surface area contributed by atoms with Crippen LogP contribution in [0.15, 0.2) is 0 Å². The van der Waals surface area contributed by atoms with Crippen molar-refractivity contribution >= 4 is 11.9 Å². The fourth-order valence-corrected chi connectivity index (χ4v) is 2.17. The summed E-state index contributed by atoms with van der Waals surface area (Å²) in [6.07, 6.45) is 1.68. The molecule has 0 saturated heterocycles. The van der Waals surface area contributed by atoms with Gasteiger partial charge in [-0.3, -0.25) is 9.89 Å². The van der Waals surface area contributed by atoms with Crippen LogP contribution in [0.5, 0.6) is 0 Å². The monoisotopic (exact) mass is 251 g/mol. The quantitative estimate of drug-likeness (QED) is 0.744. The van der Waals surface area contributed by atoms with E-state index in [1.165, 1.54) is 0 Å². The van der Waals surface area contributed by atoms with Crippen molar-refractivity contribution in [2.45, 2.75) is 39.2 Å². The van der Waals surface area contributed by atoms with Crippen molar-refractivity contribution in [2.75, 3.05) is 0 Å². The lowest BCUT2D eigenvalue weighted by Gasteiger charge is -2.26. The summed E-state index contributed by atoms with van der Waals surface area (Å²) < 4.78 is 0. The third-order valence-corrected chi connectivity index (χ3v) is 3.57. The van der Waals surface area contributed by atoms with Crippen molar-refractivity contribution in [2.24, 2.45) is 5.92 Å². The molecular weight excluding hydrogens is 234 g/mol. The minimum absolute atomic E-state index is 0.0199. The summed E-state index contributed by atoms with van der Waals surface area (Å²) in [4.78, 5) is 23.5. The largest absolute Gasteiger partial charge is 0.480 e. The molecule has 1 fully saturated rings. The summed E-state index contributed by atoms with van der Waals surface area (Å²) in [6.45, 7) is 5.02. The molecule has 6 nitrogen and oxygen atoms in total. The minimum Gasteiger partial charge on any atom is -0.480 e. The second kappa shape index (κ2) is 4.12. The fourth-order valence-electron chi connectivity index (χ4n) is 2.17. The summed E-state index contributed by atoms with van der Waals surface area (Å²) in [6, 6.07) is 0. The van der Waals surface area contributed by atoms with Gasteiger partial charge in [0.15, 0.2) is 0 Å². The lowest BCUT2D eigenvalue weighted by Crippen LogP contribution is -2.54. The van der Waals surface area contributed by atoms with Gasteiger partial charge in [0, 0.05) is 5.69 Å². The Bertz CT molecular complexity index is 485. The molecule has 1 heterocycles. The first-order valence-electron chi connectivity index (χ1n) is 5.93. The molecule has 1 atom stereocenters. The van der Waals surface area contributed by atoms with Crippen molar-refractivity contribution in [3.05, 3.63) is 17.0 Å². The first-order chi connectivity index (χ1) is 8.36. The highest BCUT2D eigenvalue weighted by Crippen LogP contribution is 2.39. The van der Waals surface area contributed by atoms with E-state index in [0.717, 1.165) is 12.8 Å². The van der Waals surface area contributed by atoms with E-state index in [1.807, 2.05) is 0 Å². The Kier molecular flexibility index (Phi) is 2.88. The molecule has 1 saturated carbocycles. The van der Waals surface area contributed by atoms with E-state index < -0.39 is 11.5 Å². The maximum Gasteiger partial charge on any atom is 0.329 e. The molecule has 0 aliphatic heterocycles. The van der Waals surface area contributed by atoms with Gasteiger partial charge in [0.25, 0.3) is 5.91 Å². The molecule has 0 bridgehead atoms. The number of nitrogens with one attached hydrogen (secondary N) is 2. The van der Waals surface area contributed by atoms with E-state index in [2.05, 4.69) is 15.5 Å². The SMILES string of the molecule is Cc1n[nH]c(C)c1C(=O)NC(C)(C(=O)O)C1CC1. The molecule has 1 aromatic heterocycles. The Morgan fingerprint density at radius 2 is 2.06 bits per heavy atom. The highest BCUT2D eigenvalue weighted by Gasteiger charge is 2.48. The number of aromatic amines is 1. The molecule has 1 aliphatic rings. The number of amides is 1. The predicted molar refractivity (Wildman–Crippen MR) is 64.3 cm³/mol. The number of carboxylic acids is 1. The van der Waals surface area contributed by atoms with Crippen molar-refractivity contribution in [3.8, 4) is 0 Å². The molecule has 0 spiro atoms. The Hall–Kier alpha value is -1.85. The highest BCUT2D eigenvalue weighted by molar-refractivity contribution is 5.99. The normalized spacial score (nSPS) is 18.2. The molecule has 98 valence electrons. The standard InChI is InChI=1S/C12H17N3O3/c1-6-9(7(2)15-14-6)10(16)13-12(3,11(17)18)8-4-5-8/h8H,4-5H2,1-3H3,(H,13,16)(H,14,15)(H,17,18). The van der Waals surface area contributed by atoms with Crippen LogP contribution in [0, 0.1) is 19.8 Å². The predicted octanol–water partition coefficient (Wildman–Crippen LogP) is 1.01. The van der Waals surface area contributed by atoms with E-state index in [1.54, 1.807) is 20.8 Å². The fraction of sp³-hybridized carbons (Fsp3) is 0.583. The van der Waals surface area contributed by atoms with Crippen LogP contribution >= 0.6 is 0 Å². The second-order valence-corrected chi connectivity index (χ2v) is 5.04. The average molecular weight is 251 g/mol. The van der Waals surface area contributed by atoms with Gasteiger partial charge >= 0.3 is 5.97 Å². The molecule has 1 aromatic rings. The maximum absolute atomic E-state index is 12.2. The smallest absolute Gasteiger partial charge is 0.329 e. The number of hydrogen-bond donors (Lipinski definition) is 3. The summed E-state index contributed by atoms with van der Waals surface area (Å²) in [7, 11) is 0.